The summed E-state index contributed by atoms with van der Waals surface area (Å²) in [6.07, 6.45) is 4.18. The van der Waals surface area contributed by atoms with Gasteiger partial charge in [0.1, 0.15) is 0 Å². The summed E-state index contributed by atoms with van der Waals surface area (Å²) in [6, 6.07) is 7.98. The van der Waals surface area contributed by atoms with Gasteiger partial charge in [0, 0.05) is 28.2 Å². The van der Waals surface area contributed by atoms with E-state index in [1.54, 1.807) is 0 Å². The zero-order valence-electron chi connectivity index (χ0n) is 12.7. The molecule has 1 atom stereocenters. The number of H-pyrrole nitrogens is 1. The van der Waals surface area contributed by atoms with Crippen LogP contribution < -0.4 is 10.6 Å². The number of piperidine rings is 1. The molecule has 0 saturated carbocycles. The molecule has 0 bridgehead atoms. The molecule has 3 rings (SSSR count). The lowest BCUT2D eigenvalue weighted by molar-refractivity contribution is -0.127. The number of nitrogens with one attached hydrogen (secondary N) is 3. The smallest absolute Gasteiger partial charge is 0.230 e. The Morgan fingerprint density at radius 2 is 2.19 bits per heavy atom. The molecule has 4 nitrogen and oxygen atoms in total. The third kappa shape index (κ3) is 2.81. The Labute approximate surface area is 125 Å². The molecule has 2 heterocycles. The molecule has 0 spiro atoms. The first-order chi connectivity index (χ1) is 10.1. The highest BCUT2D eigenvalue weighted by Gasteiger charge is 2.37. The fourth-order valence-corrected chi connectivity index (χ4v) is 3.08. The van der Waals surface area contributed by atoms with E-state index in [1.807, 2.05) is 30.5 Å². The number of hydrogen-bond donors (Lipinski definition) is 3. The maximum Gasteiger partial charge on any atom is 0.230 e. The van der Waals surface area contributed by atoms with E-state index >= 15 is 0 Å². The number of amides is 1. The summed E-state index contributed by atoms with van der Waals surface area (Å²) in [5.41, 5.74) is 1.59. The molecule has 3 N–H and O–H groups in total. The molecule has 0 radical (unpaired) electrons. The van der Waals surface area contributed by atoms with E-state index in [9.17, 15) is 4.79 Å². The Morgan fingerprint density at radius 1 is 1.33 bits per heavy atom. The van der Waals surface area contributed by atoms with Gasteiger partial charge in [0.05, 0.1) is 0 Å². The molecule has 1 aromatic heterocycles. The van der Waals surface area contributed by atoms with Gasteiger partial charge in [-0.2, -0.15) is 0 Å². The molecule has 1 aliphatic rings. The van der Waals surface area contributed by atoms with E-state index < -0.39 is 0 Å². The van der Waals surface area contributed by atoms with Crippen LogP contribution in [0.4, 0.5) is 5.69 Å². The van der Waals surface area contributed by atoms with Crippen LogP contribution in [0.5, 0.6) is 0 Å². The molecule has 4 heteroatoms. The van der Waals surface area contributed by atoms with Gasteiger partial charge in [0.15, 0.2) is 0 Å². The first kappa shape index (κ1) is 14.1. The number of anilines is 1. The molecule has 1 unspecified atom stereocenters. The molecular weight excluding hydrogens is 262 g/mol. The average molecular weight is 285 g/mol. The standard InChI is InChI=1S/C17H23N3O/c1-17(2,13-4-3-8-18-11-13)16(21)20-14-5-6-15-12(10-14)7-9-19-15/h5-7,9-10,13,18-19H,3-4,8,11H2,1-2H3,(H,20,21). The topological polar surface area (TPSA) is 56.9 Å². The summed E-state index contributed by atoms with van der Waals surface area (Å²) in [4.78, 5) is 15.8. The van der Waals surface area contributed by atoms with E-state index in [1.165, 1.54) is 0 Å². The van der Waals surface area contributed by atoms with Gasteiger partial charge in [-0.1, -0.05) is 13.8 Å². The van der Waals surface area contributed by atoms with E-state index in [2.05, 4.69) is 29.5 Å². The summed E-state index contributed by atoms with van der Waals surface area (Å²) in [7, 11) is 0. The van der Waals surface area contributed by atoms with Crippen LogP contribution in [0, 0.1) is 11.3 Å². The van der Waals surface area contributed by atoms with Gasteiger partial charge in [-0.15, -0.1) is 0 Å². The van der Waals surface area contributed by atoms with E-state index in [0.29, 0.717) is 5.92 Å². The number of hydrogen-bond acceptors (Lipinski definition) is 2. The summed E-state index contributed by atoms with van der Waals surface area (Å²) >= 11 is 0. The summed E-state index contributed by atoms with van der Waals surface area (Å²) < 4.78 is 0. The SMILES string of the molecule is CC(C)(C(=O)Nc1ccc2[nH]ccc2c1)C1CCCNC1. The summed E-state index contributed by atoms with van der Waals surface area (Å²) in [5.74, 6) is 0.494. The first-order valence-corrected chi connectivity index (χ1v) is 7.67. The van der Waals surface area contributed by atoms with Crippen molar-refractivity contribution in [1.82, 2.24) is 10.3 Å². The van der Waals surface area contributed by atoms with Crippen LogP contribution in [0.1, 0.15) is 26.7 Å². The predicted octanol–water partition coefficient (Wildman–Crippen LogP) is 3.13. The van der Waals surface area contributed by atoms with Crippen molar-refractivity contribution in [3.05, 3.63) is 30.5 Å². The van der Waals surface area contributed by atoms with Gasteiger partial charge in [-0.3, -0.25) is 4.79 Å². The Bertz CT molecular complexity index is 638. The fourth-order valence-electron chi connectivity index (χ4n) is 3.08. The van der Waals surface area contributed by atoms with Crippen LogP contribution in [0.3, 0.4) is 0 Å². The van der Waals surface area contributed by atoms with Crippen molar-refractivity contribution in [2.75, 3.05) is 18.4 Å². The van der Waals surface area contributed by atoms with E-state index in [4.69, 9.17) is 0 Å². The minimum atomic E-state index is -0.361. The van der Waals surface area contributed by atoms with Crippen molar-refractivity contribution in [2.24, 2.45) is 11.3 Å². The molecule has 1 aromatic carbocycles. The van der Waals surface area contributed by atoms with Crippen LogP contribution in [0.2, 0.25) is 0 Å². The number of fused-ring (bicyclic) bond motifs is 1. The number of aromatic nitrogens is 1. The van der Waals surface area contributed by atoms with Gasteiger partial charge < -0.3 is 15.6 Å². The molecule has 2 aromatic rings. The quantitative estimate of drug-likeness (QED) is 0.811. The third-order valence-corrected chi connectivity index (χ3v) is 4.71. The van der Waals surface area contributed by atoms with Crippen molar-refractivity contribution < 1.29 is 4.79 Å². The average Bonchev–Trinajstić information content (AvgIpc) is 2.95. The van der Waals surface area contributed by atoms with Crippen molar-refractivity contribution in [3.8, 4) is 0 Å². The minimum absolute atomic E-state index is 0.103. The van der Waals surface area contributed by atoms with Gasteiger partial charge in [-0.05, 0) is 56.1 Å². The Kier molecular flexibility index (Phi) is 3.72. The van der Waals surface area contributed by atoms with Crippen molar-refractivity contribution in [2.45, 2.75) is 26.7 Å². The first-order valence-electron chi connectivity index (χ1n) is 7.67. The summed E-state index contributed by atoms with van der Waals surface area (Å²) in [5, 5.41) is 7.59. The van der Waals surface area contributed by atoms with Gasteiger partial charge in [0.25, 0.3) is 0 Å². The van der Waals surface area contributed by atoms with Crippen molar-refractivity contribution in [3.63, 3.8) is 0 Å². The number of aromatic amines is 1. The molecule has 1 aliphatic heterocycles. The van der Waals surface area contributed by atoms with Gasteiger partial charge in [0.2, 0.25) is 5.91 Å². The third-order valence-electron chi connectivity index (χ3n) is 4.71. The maximum absolute atomic E-state index is 12.7. The van der Waals surface area contributed by atoms with E-state index in [0.717, 1.165) is 42.5 Å². The zero-order valence-corrected chi connectivity index (χ0v) is 12.7. The largest absolute Gasteiger partial charge is 0.361 e. The van der Waals surface area contributed by atoms with Gasteiger partial charge >= 0.3 is 0 Å². The minimum Gasteiger partial charge on any atom is -0.361 e. The van der Waals surface area contributed by atoms with Crippen LogP contribution in [0.15, 0.2) is 30.5 Å². The second-order valence-corrected chi connectivity index (χ2v) is 6.50. The normalized spacial score (nSPS) is 19.6. The lowest BCUT2D eigenvalue weighted by Crippen LogP contribution is -2.44. The fraction of sp³-hybridized carbons (Fsp3) is 0.471. The maximum atomic E-state index is 12.7. The second kappa shape index (κ2) is 5.53. The van der Waals surface area contributed by atoms with Gasteiger partial charge in [-0.25, -0.2) is 0 Å². The highest BCUT2D eigenvalue weighted by molar-refractivity contribution is 5.97. The number of rotatable bonds is 3. The van der Waals surface area contributed by atoms with Crippen molar-refractivity contribution >= 4 is 22.5 Å². The van der Waals surface area contributed by atoms with Crippen molar-refractivity contribution in [1.29, 1.82) is 0 Å². The highest BCUT2D eigenvalue weighted by Crippen LogP contribution is 2.33. The number of carbonyl (C=O) groups excluding carboxylic acids is 1. The monoisotopic (exact) mass is 285 g/mol. The Balaban J connectivity index is 1.74. The Morgan fingerprint density at radius 3 is 2.95 bits per heavy atom. The van der Waals surface area contributed by atoms with E-state index in [-0.39, 0.29) is 11.3 Å². The molecule has 112 valence electrons. The molecule has 1 amide bonds. The lowest BCUT2D eigenvalue weighted by atomic mass is 9.74. The predicted molar refractivity (Wildman–Crippen MR) is 86.3 cm³/mol. The number of carbonyl (C=O) groups is 1. The van der Waals surface area contributed by atoms with Crippen LogP contribution in [-0.2, 0) is 4.79 Å². The zero-order chi connectivity index (χ0) is 14.9. The molecule has 1 saturated heterocycles. The van der Waals surface area contributed by atoms with Crippen LogP contribution >= 0.6 is 0 Å². The van der Waals surface area contributed by atoms with Crippen LogP contribution in [-0.4, -0.2) is 24.0 Å². The molecule has 21 heavy (non-hydrogen) atoms. The lowest BCUT2D eigenvalue weighted by Gasteiger charge is -2.36. The molecular formula is C17H23N3O. The Hall–Kier alpha value is -1.81. The second-order valence-electron chi connectivity index (χ2n) is 6.50. The highest BCUT2D eigenvalue weighted by atomic mass is 16.2. The number of benzene rings is 1. The molecule has 1 fully saturated rings. The molecule has 0 aliphatic carbocycles. The van der Waals surface area contributed by atoms with Crippen LogP contribution in [0.25, 0.3) is 10.9 Å². The summed E-state index contributed by atoms with van der Waals surface area (Å²) in [6.45, 7) is 6.10.